The Morgan fingerprint density at radius 1 is 0.857 bits per heavy atom. The number of aliphatic imine (C=N–C) groups is 1. The summed E-state index contributed by atoms with van der Waals surface area (Å²) in [5.41, 5.74) is 18.7. The molecule has 0 aliphatic carbocycles. The SMILES string of the molecule is CC(N)C(=O)NC(CCCN=C(N)N)C(=O)NC(Cc1ccccc1)C(=O)NC(Cc1c[nH]c2ccccc12)C(=O)O. The number of H-pyrrole nitrogens is 1. The number of aromatic nitrogens is 1. The maximum Gasteiger partial charge on any atom is 0.326 e. The second-order valence-electron chi connectivity index (χ2n) is 10.0. The van der Waals surface area contributed by atoms with Crippen molar-refractivity contribution in [1.82, 2.24) is 20.9 Å². The van der Waals surface area contributed by atoms with E-state index < -0.39 is 47.9 Å². The smallest absolute Gasteiger partial charge is 0.326 e. The molecule has 0 radical (unpaired) electrons. The molecule has 0 bridgehead atoms. The quantitative estimate of drug-likeness (QED) is 0.0687. The van der Waals surface area contributed by atoms with E-state index in [0.717, 1.165) is 22.0 Å². The molecule has 11 N–H and O–H groups in total. The molecule has 13 nitrogen and oxygen atoms in total. The molecule has 4 unspecified atom stereocenters. The first kappa shape index (κ1) is 31.6. The van der Waals surface area contributed by atoms with E-state index in [1.807, 2.05) is 30.3 Å². The van der Waals surface area contributed by atoms with Gasteiger partial charge in [-0.1, -0.05) is 48.5 Å². The molecule has 3 amide bonds. The lowest BCUT2D eigenvalue weighted by Crippen LogP contribution is -2.57. The van der Waals surface area contributed by atoms with Crippen LogP contribution in [-0.4, -0.2) is 70.5 Å². The Kier molecular flexibility index (Phi) is 11.4. The molecule has 0 spiro atoms. The van der Waals surface area contributed by atoms with Crippen molar-refractivity contribution in [1.29, 1.82) is 0 Å². The van der Waals surface area contributed by atoms with E-state index in [1.54, 1.807) is 30.5 Å². The molecule has 1 aromatic heterocycles. The summed E-state index contributed by atoms with van der Waals surface area (Å²) < 4.78 is 0. The fraction of sp³-hybridized carbons (Fsp3) is 0.345. The number of benzene rings is 2. The number of hydrogen-bond acceptors (Lipinski definition) is 6. The first-order chi connectivity index (χ1) is 20.0. The maximum atomic E-state index is 13.5. The second-order valence-corrected chi connectivity index (χ2v) is 10.0. The number of guanidine groups is 1. The molecule has 42 heavy (non-hydrogen) atoms. The fourth-order valence-corrected chi connectivity index (χ4v) is 4.40. The van der Waals surface area contributed by atoms with Crippen LogP contribution in [0.15, 0.2) is 65.8 Å². The Labute approximate surface area is 243 Å². The van der Waals surface area contributed by atoms with Crippen molar-refractivity contribution in [2.24, 2.45) is 22.2 Å². The standard InChI is InChI=1S/C29H38N8O5/c1-17(30)25(38)35-22(12-7-13-33-29(31)32)26(39)36-23(14-18-8-3-2-4-9-18)27(40)37-24(28(41)42)15-19-16-34-21-11-6-5-10-20(19)21/h2-6,8-11,16-17,22-24,34H,7,12-15,30H2,1H3,(H,35,38)(H,36,39)(H,37,40)(H,41,42)(H4,31,32,33). The number of carbonyl (C=O) groups is 4. The van der Waals surface area contributed by atoms with Gasteiger partial charge in [0.25, 0.3) is 0 Å². The number of nitrogens with one attached hydrogen (secondary N) is 4. The average molecular weight is 579 g/mol. The van der Waals surface area contributed by atoms with Gasteiger partial charge >= 0.3 is 5.97 Å². The topological polar surface area (TPSA) is 231 Å². The normalized spacial score (nSPS) is 13.8. The zero-order valence-electron chi connectivity index (χ0n) is 23.4. The van der Waals surface area contributed by atoms with Gasteiger partial charge in [0, 0.05) is 36.5 Å². The molecule has 0 aliphatic heterocycles. The number of nitrogens with zero attached hydrogens (tertiary/aromatic N) is 1. The third-order valence-corrected chi connectivity index (χ3v) is 6.62. The van der Waals surface area contributed by atoms with Gasteiger partial charge in [0.05, 0.1) is 6.04 Å². The second kappa shape index (κ2) is 15.2. The molecule has 2 aromatic carbocycles. The summed E-state index contributed by atoms with van der Waals surface area (Å²) in [4.78, 5) is 58.5. The van der Waals surface area contributed by atoms with Crippen LogP contribution in [0.5, 0.6) is 0 Å². The number of carboxylic acid groups (broad SMARTS) is 1. The largest absolute Gasteiger partial charge is 0.480 e. The number of rotatable bonds is 15. The highest BCUT2D eigenvalue weighted by Crippen LogP contribution is 2.19. The van der Waals surface area contributed by atoms with Crippen LogP contribution >= 0.6 is 0 Å². The first-order valence-electron chi connectivity index (χ1n) is 13.6. The van der Waals surface area contributed by atoms with Gasteiger partial charge in [-0.05, 0) is 37.0 Å². The van der Waals surface area contributed by atoms with Crippen LogP contribution in [0.4, 0.5) is 0 Å². The van der Waals surface area contributed by atoms with Crippen LogP contribution in [0.3, 0.4) is 0 Å². The number of aromatic amines is 1. The molecule has 0 fully saturated rings. The molecule has 4 atom stereocenters. The molecule has 0 aliphatic rings. The predicted molar refractivity (Wildman–Crippen MR) is 159 cm³/mol. The lowest BCUT2D eigenvalue weighted by Gasteiger charge is -2.25. The number of amides is 3. The highest BCUT2D eigenvalue weighted by Gasteiger charge is 2.30. The van der Waals surface area contributed by atoms with E-state index in [2.05, 4.69) is 25.9 Å². The first-order valence-corrected chi connectivity index (χ1v) is 13.6. The summed E-state index contributed by atoms with van der Waals surface area (Å²) >= 11 is 0. The zero-order valence-corrected chi connectivity index (χ0v) is 23.4. The number of fused-ring (bicyclic) bond motifs is 1. The van der Waals surface area contributed by atoms with E-state index in [0.29, 0.717) is 6.42 Å². The summed E-state index contributed by atoms with van der Waals surface area (Å²) in [6, 6.07) is 12.1. The molecule has 13 heteroatoms. The summed E-state index contributed by atoms with van der Waals surface area (Å²) in [5, 5.41) is 18.7. The van der Waals surface area contributed by atoms with Crippen LogP contribution in [0, 0.1) is 0 Å². The molecular weight excluding hydrogens is 540 g/mol. The van der Waals surface area contributed by atoms with Gasteiger partial charge in [0.15, 0.2) is 5.96 Å². The summed E-state index contributed by atoms with van der Waals surface area (Å²) in [6.07, 6.45) is 2.34. The Balaban J connectivity index is 1.80. The zero-order chi connectivity index (χ0) is 30.6. The van der Waals surface area contributed by atoms with Gasteiger partial charge in [0.2, 0.25) is 17.7 Å². The number of hydrogen-bond donors (Lipinski definition) is 8. The molecule has 3 rings (SSSR count). The van der Waals surface area contributed by atoms with Crippen LogP contribution in [-0.2, 0) is 32.0 Å². The van der Waals surface area contributed by atoms with Crippen molar-refractivity contribution in [2.45, 2.75) is 56.8 Å². The van der Waals surface area contributed by atoms with Gasteiger partial charge in [0.1, 0.15) is 18.1 Å². The van der Waals surface area contributed by atoms with E-state index in [4.69, 9.17) is 17.2 Å². The molecule has 0 saturated carbocycles. The Hall–Kier alpha value is -4.91. The third-order valence-electron chi connectivity index (χ3n) is 6.62. The minimum atomic E-state index is -1.26. The summed E-state index contributed by atoms with van der Waals surface area (Å²) in [6.45, 7) is 1.71. The molecule has 1 heterocycles. The average Bonchev–Trinajstić information content (AvgIpc) is 3.36. The molecule has 3 aromatic rings. The van der Waals surface area contributed by atoms with Crippen molar-refractivity contribution in [3.05, 3.63) is 71.9 Å². The van der Waals surface area contributed by atoms with Crippen LogP contribution < -0.4 is 33.2 Å². The molecular formula is C29H38N8O5. The predicted octanol–water partition coefficient (Wildman–Crippen LogP) is -0.107. The van der Waals surface area contributed by atoms with Crippen molar-refractivity contribution >= 4 is 40.6 Å². The Bertz CT molecular complexity index is 1400. The summed E-state index contributed by atoms with van der Waals surface area (Å²) in [7, 11) is 0. The monoisotopic (exact) mass is 578 g/mol. The van der Waals surface area contributed by atoms with Crippen molar-refractivity contribution in [3.63, 3.8) is 0 Å². The van der Waals surface area contributed by atoms with Gasteiger partial charge in [-0.15, -0.1) is 0 Å². The number of carboxylic acids is 1. The molecule has 0 saturated heterocycles. The van der Waals surface area contributed by atoms with Crippen LogP contribution in [0.2, 0.25) is 0 Å². The fourth-order valence-electron chi connectivity index (χ4n) is 4.40. The lowest BCUT2D eigenvalue weighted by atomic mass is 10.0. The Morgan fingerprint density at radius 2 is 1.48 bits per heavy atom. The van der Waals surface area contributed by atoms with Crippen molar-refractivity contribution < 1.29 is 24.3 Å². The van der Waals surface area contributed by atoms with Gasteiger partial charge < -0.3 is 43.2 Å². The number of aliphatic carboxylic acids is 1. The lowest BCUT2D eigenvalue weighted by molar-refractivity contribution is -0.142. The van der Waals surface area contributed by atoms with Crippen molar-refractivity contribution in [2.75, 3.05) is 6.54 Å². The van der Waals surface area contributed by atoms with Gasteiger partial charge in [-0.2, -0.15) is 0 Å². The van der Waals surface area contributed by atoms with Crippen LogP contribution in [0.1, 0.15) is 30.9 Å². The van der Waals surface area contributed by atoms with E-state index in [9.17, 15) is 24.3 Å². The number of carbonyl (C=O) groups excluding carboxylic acids is 3. The minimum Gasteiger partial charge on any atom is -0.480 e. The van der Waals surface area contributed by atoms with Gasteiger partial charge in [-0.25, -0.2) is 4.79 Å². The van der Waals surface area contributed by atoms with E-state index in [1.165, 1.54) is 6.92 Å². The van der Waals surface area contributed by atoms with E-state index >= 15 is 0 Å². The highest BCUT2D eigenvalue weighted by atomic mass is 16.4. The highest BCUT2D eigenvalue weighted by molar-refractivity contribution is 5.94. The van der Waals surface area contributed by atoms with Crippen LogP contribution in [0.25, 0.3) is 10.9 Å². The maximum absolute atomic E-state index is 13.5. The third kappa shape index (κ3) is 9.34. The summed E-state index contributed by atoms with van der Waals surface area (Å²) in [5.74, 6) is -3.19. The van der Waals surface area contributed by atoms with E-state index in [-0.39, 0.29) is 31.8 Å². The number of nitrogens with two attached hydrogens (primary N) is 3. The molecule has 224 valence electrons. The Morgan fingerprint density at radius 3 is 2.14 bits per heavy atom. The van der Waals surface area contributed by atoms with Gasteiger partial charge in [-0.3, -0.25) is 19.4 Å². The number of para-hydroxylation sites is 1. The van der Waals surface area contributed by atoms with Crippen molar-refractivity contribution in [3.8, 4) is 0 Å². The minimum absolute atomic E-state index is 0.0228.